The Morgan fingerprint density at radius 1 is 1.26 bits per heavy atom. The molecule has 0 radical (unpaired) electrons. The molecule has 1 N–H and O–H groups in total. The summed E-state index contributed by atoms with van der Waals surface area (Å²) in [5.41, 5.74) is 0.870. The maximum atomic E-state index is 13.2. The SMILES string of the molecule is CC(O)[C@H]1CCC2C3CCC4=CC(=O)CC[C@]4(C)C3CC[C@@]21C(=O)C[N+]#N. The van der Waals surface area contributed by atoms with Crippen molar-refractivity contribution in [3.05, 3.63) is 16.6 Å². The quantitative estimate of drug-likeness (QED) is 0.762. The zero-order valence-electron chi connectivity index (χ0n) is 16.5. The first-order valence-electron chi connectivity index (χ1n) is 10.6. The lowest BCUT2D eigenvalue weighted by molar-refractivity contribution is -0.146. The van der Waals surface area contributed by atoms with Gasteiger partial charge in [0.05, 0.1) is 6.10 Å². The lowest BCUT2D eigenvalue weighted by atomic mass is 9.45. The van der Waals surface area contributed by atoms with Crippen LogP contribution in [0.5, 0.6) is 0 Å². The van der Waals surface area contributed by atoms with Gasteiger partial charge in [-0.25, -0.2) is 0 Å². The molecule has 3 fully saturated rings. The molecule has 4 unspecified atom stereocenters. The Kier molecular flexibility index (Phi) is 4.54. The van der Waals surface area contributed by atoms with Gasteiger partial charge in [-0.15, -0.1) is 0 Å². The van der Waals surface area contributed by atoms with Crippen LogP contribution in [0.2, 0.25) is 0 Å². The zero-order chi connectivity index (χ0) is 19.4. The summed E-state index contributed by atoms with van der Waals surface area (Å²) in [5.74, 6) is 1.48. The van der Waals surface area contributed by atoms with Crippen molar-refractivity contribution < 1.29 is 14.7 Å². The second-order valence-corrected chi connectivity index (χ2v) is 9.70. The average Bonchev–Trinajstić information content (AvgIpc) is 3.03. The summed E-state index contributed by atoms with van der Waals surface area (Å²) in [6.07, 6.45) is 8.53. The third kappa shape index (κ3) is 2.56. The summed E-state index contributed by atoms with van der Waals surface area (Å²) in [5, 5.41) is 19.5. The highest BCUT2D eigenvalue weighted by Gasteiger charge is 2.64. The van der Waals surface area contributed by atoms with Gasteiger partial charge in [-0.1, -0.05) is 12.5 Å². The number of ketones is 2. The van der Waals surface area contributed by atoms with Gasteiger partial charge in [-0.2, -0.15) is 0 Å². The third-order valence-corrected chi connectivity index (χ3v) is 8.86. The second-order valence-electron chi connectivity index (χ2n) is 9.70. The Labute approximate surface area is 161 Å². The topological polar surface area (TPSA) is 82.5 Å². The number of hydrogen-bond acceptors (Lipinski definition) is 4. The predicted octanol–water partition coefficient (Wildman–Crippen LogP) is 3.92. The Morgan fingerprint density at radius 3 is 2.74 bits per heavy atom. The number of nitrogens with zero attached hydrogens (tertiary/aromatic N) is 2. The van der Waals surface area contributed by atoms with Gasteiger partial charge in [0.1, 0.15) is 4.98 Å². The van der Waals surface area contributed by atoms with Crippen LogP contribution >= 0.6 is 0 Å². The standard InChI is InChI=1S/C22H31N2O3/c1-13(25)17-5-6-19-16-4-3-14-11-15(26)7-9-21(14,2)18(16)8-10-22(17,19)20(27)12-24-23/h11,13,16-19,25H,3-10,12H2,1-2H3/q+1/t13?,16?,17-,18?,19?,21+,22+/m1/s1. The molecule has 0 heterocycles. The van der Waals surface area contributed by atoms with Crippen molar-refractivity contribution in [3.63, 3.8) is 0 Å². The van der Waals surface area contributed by atoms with Crippen molar-refractivity contribution in [2.75, 3.05) is 6.54 Å². The molecule has 5 heteroatoms. The molecule has 27 heavy (non-hydrogen) atoms. The first-order valence-corrected chi connectivity index (χ1v) is 10.6. The van der Waals surface area contributed by atoms with Crippen LogP contribution in [0.4, 0.5) is 0 Å². The van der Waals surface area contributed by atoms with Crippen LogP contribution in [0.15, 0.2) is 11.6 Å². The molecule has 0 bridgehead atoms. The average molecular weight is 372 g/mol. The molecule has 0 aromatic rings. The van der Waals surface area contributed by atoms with Crippen molar-refractivity contribution in [1.29, 1.82) is 5.39 Å². The monoisotopic (exact) mass is 371 g/mol. The van der Waals surface area contributed by atoms with Crippen LogP contribution in [0, 0.1) is 39.9 Å². The van der Waals surface area contributed by atoms with Crippen molar-refractivity contribution in [2.24, 2.45) is 34.5 Å². The molecule has 0 aromatic carbocycles. The minimum absolute atomic E-state index is 0.0159. The fourth-order valence-electron chi connectivity index (χ4n) is 7.71. The molecule has 0 spiro atoms. The molecular weight excluding hydrogens is 340 g/mol. The molecule has 7 atom stereocenters. The number of carbonyl (C=O) groups is 2. The molecule has 5 nitrogen and oxygen atoms in total. The molecule has 4 rings (SSSR count). The molecule has 0 aromatic heterocycles. The van der Waals surface area contributed by atoms with E-state index in [1.807, 2.05) is 6.08 Å². The molecule has 0 aliphatic heterocycles. The van der Waals surface area contributed by atoms with E-state index in [2.05, 4.69) is 11.9 Å². The van der Waals surface area contributed by atoms with Gasteiger partial charge in [0.25, 0.3) is 0 Å². The minimum Gasteiger partial charge on any atom is -0.393 e. The Balaban J connectivity index is 1.72. The van der Waals surface area contributed by atoms with Gasteiger partial charge >= 0.3 is 6.54 Å². The fraction of sp³-hybridized carbons (Fsp3) is 0.818. The van der Waals surface area contributed by atoms with Crippen molar-refractivity contribution in [1.82, 2.24) is 0 Å². The molecule has 0 amide bonds. The van der Waals surface area contributed by atoms with E-state index in [0.717, 1.165) is 44.9 Å². The molecule has 146 valence electrons. The third-order valence-electron chi connectivity index (χ3n) is 8.86. The van der Waals surface area contributed by atoms with Crippen molar-refractivity contribution in [2.45, 2.75) is 71.3 Å². The first-order chi connectivity index (χ1) is 12.8. The van der Waals surface area contributed by atoms with E-state index in [9.17, 15) is 14.7 Å². The van der Waals surface area contributed by atoms with Crippen LogP contribution in [0.1, 0.15) is 65.2 Å². The Hall–Kier alpha value is -1.54. The summed E-state index contributed by atoms with van der Waals surface area (Å²) < 4.78 is 0. The van der Waals surface area contributed by atoms with Gasteiger partial charge in [0.15, 0.2) is 5.78 Å². The molecule has 3 saturated carbocycles. The van der Waals surface area contributed by atoms with E-state index in [1.54, 1.807) is 6.92 Å². The number of Topliss-reactive ketones (excluding diaryl/α,β-unsaturated/α-hetero) is 1. The summed E-state index contributed by atoms with van der Waals surface area (Å²) in [6, 6.07) is 0. The van der Waals surface area contributed by atoms with Crippen LogP contribution in [0.3, 0.4) is 0 Å². The van der Waals surface area contributed by atoms with Crippen LogP contribution < -0.4 is 0 Å². The molecule has 4 aliphatic rings. The maximum Gasteiger partial charge on any atom is 0.363 e. The largest absolute Gasteiger partial charge is 0.393 e. The van der Waals surface area contributed by atoms with E-state index in [0.29, 0.717) is 18.3 Å². The van der Waals surface area contributed by atoms with Crippen LogP contribution in [0.25, 0.3) is 4.98 Å². The number of hydrogen-bond donors (Lipinski definition) is 1. The fourth-order valence-corrected chi connectivity index (χ4v) is 7.71. The van der Waals surface area contributed by atoms with Gasteiger partial charge in [0, 0.05) is 11.8 Å². The van der Waals surface area contributed by atoms with Gasteiger partial charge in [-0.05, 0) is 87.0 Å². The molecule has 4 aliphatic carbocycles. The van der Waals surface area contributed by atoms with Crippen molar-refractivity contribution >= 4 is 11.6 Å². The minimum atomic E-state index is -0.538. The first kappa shape index (κ1) is 18.8. The Bertz CT molecular complexity index is 736. The van der Waals surface area contributed by atoms with Gasteiger partial charge in [-0.3, -0.25) is 9.59 Å². The normalized spacial score (nSPS) is 44.4. The van der Waals surface area contributed by atoms with Crippen LogP contribution in [-0.2, 0) is 9.59 Å². The number of allylic oxidation sites excluding steroid dienone is 1. The summed E-state index contributed by atoms with van der Waals surface area (Å²) in [6.45, 7) is 3.98. The lowest BCUT2D eigenvalue weighted by Crippen LogP contribution is -2.55. The van der Waals surface area contributed by atoms with E-state index < -0.39 is 11.5 Å². The van der Waals surface area contributed by atoms with E-state index in [4.69, 9.17) is 5.39 Å². The number of aliphatic hydroxyl groups excluding tert-OH is 1. The molecule has 0 saturated heterocycles. The van der Waals surface area contributed by atoms with E-state index >= 15 is 0 Å². The molecular formula is C22H31N2O3+. The van der Waals surface area contributed by atoms with Gasteiger partial charge in [0.2, 0.25) is 11.2 Å². The maximum absolute atomic E-state index is 13.2. The summed E-state index contributed by atoms with van der Waals surface area (Å²) in [4.78, 5) is 28.3. The zero-order valence-corrected chi connectivity index (χ0v) is 16.5. The lowest BCUT2D eigenvalue weighted by Gasteiger charge is -2.58. The highest BCUT2D eigenvalue weighted by Crippen LogP contribution is 2.67. The van der Waals surface area contributed by atoms with Gasteiger partial charge < -0.3 is 5.11 Å². The second kappa shape index (κ2) is 6.51. The number of diazo groups is 1. The number of aliphatic hydroxyl groups is 1. The van der Waals surface area contributed by atoms with E-state index in [-0.39, 0.29) is 35.4 Å². The van der Waals surface area contributed by atoms with Crippen molar-refractivity contribution in [3.8, 4) is 0 Å². The summed E-state index contributed by atoms with van der Waals surface area (Å²) in [7, 11) is 0. The number of fused-ring (bicyclic) bond motifs is 5. The van der Waals surface area contributed by atoms with Crippen LogP contribution in [-0.4, -0.2) is 29.3 Å². The Morgan fingerprint density at radius 2 is 2.04 bits per heavy atom. The predicted molar refractivity (Wildman–Crippen MR) is 101 cm³/mol. The van der Waals surface area contributed by atoms with E-state index in [1.165, 1.54) is 5.57 Å². The number of carbonyl (C=O) groups excluding carboxylic acids is 2. The number of rotatable bonds is 3. The highest BCUT2D eigenvalue weighted by atomic mass is 16.3. The summed E-state index contributed by atoms with van der Waals surface area (Å²) >= 11 is 0. The highest BCUT2D eigenvalue weighted by molar-refractivity contribution is 5.92. The smallest absolute Gasteiger partial charge is 0.363 e.